The fourth-order valence-electron chi connectivity index (χ4n) is 4.66. The van der Waals surface area contributed by atoms with Crippen LogP contribution in [0.25, 0.3) is 0 Å². The number of sulfonamides is 1. The molecule has 27 heavy (non-hydrogen) atoms. The molecule has 7 nitrogen and oxygen atoms in total. The Balaban J connectivity index is 1.46. The second-order valence-electron chi connectivity index (χ2n) is 7.93. The number of amides is 2. The molecule has 4 rings (SSSR count). The van der Waals surface area contributed by atoms with Crippen molar-refractivity contribution in [1.29, 1.82) is 0 Å². The van der Waals surface area contributed by atoms with Gasteiger partial charge in [0.1, 0.15) is 0 Å². The molecule has 1 aromatic rings. The summed E-state index contributed by atoms with van der Waals surface area (Å²) in [6.45, 7) is 0.755. The zero-order valence-electron chi connectivity index (χ0n) is 15.5. The predicted molar refractivity (Wildman–Crippen MR) is 103 cm³/mol. The van der Waals surface area contributed by atoms with Gasteiger partial charge in [0, 0.05) is 30.4 Å². The highest BCUT2D eigenvalue weighted by Crippen LogP contribution is 2.49. The third-order valence-electron chi connectivity index (χ3n) is 6.24. The summed E-state index contributed by atoms with van der Waals surface area (Å²) < 4.78 is 24.6. The Morgan fingerprint density at radius 3 is 2.52 bits per heavy atom. The van der Waals surface area contributed by atoms with Crippen molar-refractivity contribution in [1.82, 2.24) is 4.31 Å². The van der Waals surface area contributed by atoms with Crippen molar-refractivity contribution in [2.45, 2.75) is 43.9 Å². The summed E-state index contributed by atoms with van der Waals surface area (Å²) in [6.07, 6.45) is 6.04. The van der Waals surface area contributed by atoms with Crippen molar-refractivity contribution in [3.63, 3.8) is 0 Å². The zero-order valence-corrected chi connectivity index (χ0v) is 16.3. The van der Waals surface area contributed by atoms with E-state index in [1.807, 2.05) is 18.2 Å². The molecule has 2 heterocycles. The first-order valence-corrected chi connectivity index (χ1v) is 11.4. The fourth-order valence-corrected chi connectivity index (χ4v) is 5.53. The molecule has 146 valence electrons. The summed E-state index contributed by atoms with van der Waals surface area (Å²) in [5.41, 5.74) is 2.11. The molecule has 0 atom stereocenters. The van der Waals surface area contributed by atoms with Crippen LogP contribution in [0.5, 0.6) is 0 Å². The Kier molecular flexibility index (Phi) is 4.50. The molecule has 2 aliphatic heterocycles. The maximum atomic E-state index is 12.6. The van der Waals surface area contributed by atoms with Gasteiger partial charge in [0.05, 0.1) is 11.7 Å². The van der Waals surface area contributed by atoms with E-state index in [9.17, 15) is 18.0 Å². The summed E-state index contributed by atoms with van der Waals surface area (Å²) in [6, 6.07) is 5.61. The normalized spacial score (nSPS) is 22.6. The van der Waals surface area contributed by atoms with Crippen LogP contribution in [0.4, 0.5) is 11.4 Å². The molecule has 0 unspecified atom stereocenters. The molecule has 2 amide bonds. The molecular weight excluding hydrogens is 366 g/mol. The van der Waals surface area contributed by atoms with Crippen LogP contribution in [-0.2, 0) is 25.0 Å². The Bertz CT molecular complexity index is 882. The number of carbonyl (C=O) groups excluding carboxylic acids is 2. The van der Waals surface area contributed by atoms with Crippen molar-refractivity contribution < 1.29 is 18.0 Å². The van der Waals surface area contributed by atoms with Gasteiger partial charge >= 0.3 is 0 Å². The average molecular weight is 391 g/mol. The molecule has 8 heteroatoms. The lowest BCUT2D eigenvalue weighted by Crippen LogP contribution is -2.40. The largest absolute Gasteiger partial charge is 0.326 e. The van der Waals surface area contributed by atoms with Crippen LogP contribution in [-0.4, -0.2) is 43.9 Å². The molecule has 0 bridgehead atoms. The molecule has 1 aliphatic carbocycles. The van der Waals surface area contributed by atoms with E-state index in [2.05, 4.69) is 10.6 Å². The summed E-state index contributed by atoms with van der Waals surface area (Å²) in [5.74, 6) is -0.205. The number of hydrogen-bond donors (Lipinski definition) is 2. The highest BCUT2D eigenvalue weighted by atomic mass is 32.2. The van der Waals surface area contributed by atoms with Gasteiger partial charge in [0.25, 0.3) is 0 Å². The minimum Gasteiger partial charge on any atom is -0.326 e. The number of fused-ring (bicyclic) bond motifs is 2. The van der Waals surface area contributed by atoms with E-state index in [-0.39, 0.29) is 17.7 Å². The number of benzene rings is 1. The lowest BCUT2D eigenvalue weighted by molar-refractivity contribution is -0.121. The van der Waals surface area contributed by atoms with Crippen LogP contribution in [0, 0.1) is 5.92 Å². The smallest absolute Gasteiger partial charge is 0.235 e. The number of hydrogen-bond acceptors (Lipinski definition) is 4. The number of piperidine rings is 1. The Morgan fingerprint density at radius 2 is 1.89 bits per heavy atom. The van der Waals surface area contributed by atoms with Crippen LogP contribution in [0.15, 0.2) is 18.2 Å². The van der Waals surface area contributed by atoms with Crippen molar-refractivity contribution in [2.24, 2.45) is 5.92 Å². The van der Waals surface area contributed by atoms with Gasteiger partial charge in [0.15, 0.2) is 0 Å². The van der Waals surface area contributed by atoms with E-state index >= 15 is 0 Å². The van der Waals surface area contributed by atoms with Gasteiger partial charge in [-0.2, -0.15) is 0 Å². The third kappa shape index (κ3) is 3.25. The van der Waals surface area contributed by atoms with Crippen LogP contribution in [0.2, 0.25) is 0 Å². The van der Waals surface area contributed by atoms with Crippen LogP contribution >= 0.6 is 0 Å². The van der Waals surface area contributed by atoms with Gasteiger partial charge in [-0.3, -0.25) is 9.59 Å². The van der Waals surface area contributed by atoms with Crippen LogP contribution < -0.4 is 10.6 Å². The highest BCUT2D eigenvalue weighted by molar-refractivity contribution is 7.88. The van der Waals surface area contributed by atoms with E-state index in [4.69, 9.17) is 0 Å². The fraction of sp³-hybridized carbons (Fsp3) is 0.579. The minimum atomic E-state index is -3.20. The second kappa shape index (κ2) is 6.60. The molecular formula is C19H25N3O4S. The van der Waals surface area contributed by atoms with Crippen LogP contribution in [0.3, 0.4) is 0 Å². The monoisotopic (exact) mass is 391 g/mol. The topological polar surface area (TPSA) is 95.6 Å². The van der Waals surface area contributed by atoms with Gasteiger partial charge in [0.2, 0.25) is 21.8 Å². The average Bonchev–Trinajstić information content (AvgIpc) is 3.22. The van der Waals surface area contributed by atoms with Gasteiger partial charge in [-0.1, -0.05) is 12.8 Å². The van der Waals surface area contributed by atoms with Crippen molar-refractivity contribution >= 4 is 33.2 Å². The van der Waals surface area contributed by atoms with Gasteiger partial charge in [-0.25, -0.2) is 12.7 Å². The van der Waals surface area contributed by atoms with E-state index < -0.39 is 15.4 Å². The quantitative estimate of drug-likeness (QED) is 0.824. The molecule has 3 aliphatic rings. The number of nitrogens with zero attached hydrogens (tertiary/aromatic N) is 1. The minimum absolute atomic E-state index is 0.0756. The number of rotatable bonds is 3. The first-order valence-electron chi connectivity index (χ1n) is 9.52. The Hall–Kier alpha value is -1.93. The van der Waals surface area contributed by atoms with Crippen molar-refractivity contribution in [3.05, 3.63) is 23.8 Å². The molecule has 0 radical (unpaired) electrons. The molecule has 2 N–H and O–H groups in total. The summed E-state index contributed by atoms with van der Waals surface area (Å²) in [5, 5.41) is 5.95. The first kappa shape index (κ1) is 18.4. The molecule has 1 saturated carbocycles. The SMILES string of the molecule is CS(=O)(=O)N1CCC(C(=O)Nc2ccc3c(c2)C2(CCCC2)C(=O)N3)CC1. The van der Waals surface area contributed by atoms with Gasteiger partial charge in [-0.15, -0.1) is 0 Å². The van der Waals surface area contributed by atoms with Gasteiger partial charge < -0.3 is 10.6 Å². The standard InChI is InChI=1S/C19H25N3O4S/c1-27(25,26)22-10-6-13(7-11-22)17(23)20-14-4-5-16-15(12-14)19(18(24)21-16)8-2-3-9-19/h4-5,12-13H,2-3,6-11H2,1H3,(H,20,23)(H,21,24). The lowest BCUT2D eigenvalue weighted by Gasteiger charge is -2.29. The molecule has 1 aromatic carbocycles. The number of anilines is 2. The van der Waals surface area contributed by atoms with E-state index in [0.717, 1.165) is 36.9 Å². The molecule has 1 saturated heterocycles. The summed E-state index contributed by atoms with van der Waals surface area (Å²) in [4.78, 5) is 25.1. The van der Waals surface area contributed by atoms with E-state index in [1.165, 1.54) is 10.6 Å². The molecule has 0 aromatic heterocycles. The number of nitrogens with one attached hydrogen (secondary N) is 2. The maximum absolute atomic E-state index is 12.6. The Morgan fingerprint density at radius 1 is 1.22 bits per heavy atom. The zero-order chi connectivity index (χ0) is 19.2. The van der Waals surface area contributed by atoms with Crippen LogP contribution in [0.1, 0.15) is 44.1 Å². The highest BCUT2D eigenvalue weighted by Gasteiger charge is 2.48. The third-order valence-corrected chi connectivity index (χ3v) is 7.54. The predicted octanol–water partition coefficient (Wildman–Crippen LogP) is 2.06. The second-order valence-corrected chi connectivity index (χ2v) is 9.91. The van der Waals surface area contributed by atoms with Gasteiger partial charge in [-0.05, 0) is 49.4 Å². The van der Waals surface area contributed by atoms with E-state index in [0.29, 0.717) is 31.6 Å². The maximum Gasteiger partial charge on any atom is 0.235 e. The van der Waals surface area contributed by atoms with Crippen molar-refractivity contribution in [2.75, 3.05) is 30.0 Å². The lowest BCUT2D eigenvalue weighted by atomic mass is 9.80. The van der Waals surface area contributed by atoms with Crippen molar-refractivity contribution in [3.8, 4) is 0 Å². The molecule has 1 spiro atoms. The summed E-state index contributed by atoms with van der Waals surface area (Å²) in [7, 11) is -3.20. The Labute approximate surface area is 159 Å². The van der Waals surface area contributed by atoms with E-state index in [1.54, 1.807) is 0 Å². The number of carbonyl (C=O) groups is 2. The first-order chi connectivity index (χ1) is 12.8. The molecule has 2 fully saturated rings. The summed E-state index contributed by atoms with van der Waals surface area (Å²) >= 11 is 0.